The summed E-state index contributed by atoms with van der Waals surface area (Å²) < 4.78 is 12.5. The van der Waals surface area contributed by atoms with Crippen molar-refractivity contribution < 1.29 is 24.3 Å². The highest BCUT2D eigenvalue weighted by Crippen LogP contribution is 2.38. The van der Waals surface area contributed by atoms with Crippen LogP contribution in [-0.2, 0) is 22.1 Å². The number of nitrogens with zero attached hydrogens (tertiary/aromatic N) is 2. The summed E-state index contributed by atoms with van der Waals surface area (Å²) in [5, 5.41) is 9.26. The predicted octanol–water partition coefficient (Wildman–Crippen LogP) is 0.779. The molecule has 0 amide bonds. The highest BCUT2D eigenvalue weighted by Gasteiger charge is 2.23. The smallest absolute Gasteiger partial charge is 0.345 e. The highest BCUT2D eigenvalue weighted by molar-refractivity contribution is 7.50. The lowest BCUT2D eigenvalue weighted by Gasteiger charge is -2.12. The number of benzene rings is 1. The van der Waals surface area contributed by atoms with Crippen LogP contribution in [-0.4, -0.2) is 36.5 Å². The lowest BCUT2D eigenvalue weighted by molar-refractivity contribution is -0.138. The number of imidazole rings is 1. The average molecular weight is 334 g/mol. The van der Waals surface area contributed by atoms with E-state index >= 15 is 0 Å². The van der Waals surface area contributed by atoms with Crippen molar-refractivity contribution in [1.29, 1.82) is 0 Å². The second kappa shape index (κ2) is 5.75. The number of carboxylic acid groups (broad SMARTS) is 1. The van der Waals surface area contributed by atoms with Crippen molar-refractivity contribution in [2.24, 2.45) is 5.73 Å². The zero-order valence-corrected chi connectivity index (χ0v) is 12.3. The third-order valence-corrected chi connectivity index (χ3v) is 3.72. The van der Waals surface area contributed by atoms with Crippen LogP contribution >= 0.6 is 19.2 Å². The first-order chi connectivity index (χ1) is 9.67. The molecule has 0 aliphatic heterocycles. The van der Waals surface area contributed by atoms with Gasteiger partial charge in [-0.3, -0.25) is 9.36 Å². The van der Waals surface area contributed by atoms with Crippen molar-refractivity contribution in [3.05, 3.63) is 29.0 Å². The first-order valence-corrected chi connectivity index (χ1v) is 8.02. The van der Waals surface area contributed by atoms with Crippen molar-refractivity contribution >= 4 is 36.2 Å². The average Bonchev–Trinajstić information content (AvgIpc) is 2.64. The minimum atomic E-state index is -4.36. The first-order valence-electron chi connectivity index (χ1n) is 5.85. The molecular formula is C11H13ClN3O5P. The van der Waals surface area contributed by atoms with Gasteiger partial charge in [-0.2, -0.15) is 0 Å². The van der Waals surface area contributed by atoms with Crippen LogP contribution in [0, 0.1) is 0 Å². The number of halogens is 1. The fourth-order valence-electron chi connectivity index (χ4n) is 1.93. The molecule has 2 aromatic rings. The molecule has 1 atom stereocenters. The van der Waals surface area contributed by atoms with Crippen LogP contribution in [0.3, 0.4) is 0 Å². The molecular weight excluding hydrogens is 321 g/mol. The van der Waals surface area contributed by atoms with E-state index in [4.69, 9.17) is 32.2 Å². The molecule has 114 valence electrons. The summed E-state index contributed by atoms with van der Waals surface area (Å²) in [6.45, 7) is 0. The standard InChI is InChI=1S/C11H13ClN3O5P/c12-6-1-2-9-8(3-6)14-10(4-7(13)11(16)17)15(9)5-21(18,19)20/h1-3,7H,4-5,13H2,(H,16,17)(H2,18,19,20). The zero-order chi connectivity index (χ0) is 15.8. The molecule has 0 saturated carbocycles. The third-order valence-electron chi connectivity index (χ3n) is 2.83. The summed E-state index contributed by atoms with van der Waals surface area (Å²) in [6, 6.07) is 3.44. The fraction of sp³-hybridized carbons (Fsp3) is 0.273. The Hall–Kier alpha value is -1.44. The number of aromatic nitrogens is 2. The van der Waals surface area contributed by atoms with E-state index in [0.29, 0.717) is 16.1 Å². The van der Waals surface area contributed by atoms with Crippen molar-refractivity contribution in [3.8, 4) is 0 Å². The molecule has 0 aliphatic carbocycles. The number of fused-ring (bicyclic) bond motifs is 1. The van der Waals surface area contributed by atoms with Crippen molar-refractivity contribution in [2.75, 3.05) is 0 Å². The number of carboxylic acids is 1. The Morgan fingerprint density at radius 2 is 2.14 bits per heavy atom. The Bertz CT molecular complexity index is 741. The van der Waals surface area contributed by atoms with Crippen molar-refractivity contribution in [2.45, 2.75) is 18.7 Å². The van der Waals surface area contributed by atoms with Gasteiger partial charge in [0.2, 0.25) is 0 Å². The molecule has 8 nitrogen and oxygen atoms in total. The van der Waals surface area contributed by atoms with Gasteiger partial charge < -0.3 is 25.2 Å². The maximum absolute atomic E-state index is 11.3. The minimum Gasteiger partial charge on any atom is -0.480 e. The second-order valence-electron chi connectivity index (χ2n) is 4.54. The van der Waals surface area contributed by atoms with E-state index in [1.165, 1.54) is 10.6 Å². The van der Waals surface area contributed by atoms with Crippen molar-refractivity contribution in [3.63, 3.8) is 0 Å². The van der Waals surface area contributed by atoms with Crippen molar-refractivity contribution in [1.82, 2.24) is 9.55 Å². The van der Waals surface area contributed by atoms with Gasteiger partial charge in [-0.05, 0) is 18.2 Å². The van der Waals surface area contributed by atoms with Crippen LogP contribution in [0.1, 0.15) is 5.82 Å². The van der Waals surface area contributed by atoms with Gasteiger partial charge >= 0.3 is 13.6 Å². The van der Waals surface area contributed by atoms with Crippen LogP contribution in [0.4, 0.5) is 0 Å². The van der Waals surface area contributed by atoms with Gasteiger partial charge in [0.05, 0.1) is 11.0 Å². The molecule has 2 rings (SSSR count). The van der Waals surface area contributed by atoms with E-state index in [9.17, 15) is 9.36 Å². The summed E-state index contributed by atoms with van der Waals surface area (Å²) in [5.41, 5.74) is 6.33. The molecule has 0 fully saturated rings. The number of nitrogens with two attached hydrogens (primary N) is 1. The summed E-state index contributed by atoms with van der Waals surface area (Å²) in [5.74, 6) is -1.03. The Kier molecular flexibility index (Phi) is 4.36. The van der Waals surface area contributed by atoms with Crippen LogP contribution in [0.2, 0.25) is 5.02 Å². The van der Waals surface area contributed by atoms with Gasteiger partial charge in [0, 0.05) is 11.4 Å². The summed E-state index contributed by atoms with van der Waals surface area (Å²) >= 11 is 5.85. The van der Waals surface area contributed by atoms with Gasteiger partial charge in [-0.25, -0.2) is 4.98 Å². The molecule has 1 aromatic carbocycles. The summed E-state index contributed by atoms with van der Waals surface area (Å²) in [6.07, 6.45) is -0.756. The number of hydrogen-bond donors (Lipinski definition) is 4. The normalized spacial score (nSPS) is 13.5. The van der Waals surface area contributed by atoms with Gasteiger partial charge in [0.1, 0.15) is 18.2 Å². The molecule has 0 bridgehead atoms. The Morgan fingerprint density at radius 3 is 2.71 bits per heavy atom. The monoisotopic (exact) mass is 333 g/mol. The van der Waals surface area contributed by atoms with E-state index in [-0.39, 0.29) is 12.2 Å². The van der Waals surface area contributed by atoms with E-state index in [2.05, 4.69) is 4.98 Å². The molecule has 5 N–H and O–H groups in total. The molecule has 0 aliphatic rings. The number of carbonyl (C=O) groups is 1. The van der Waals surface area contributed by atoms with Gasteiger partial charge in [-0.1, -0.05) is 11.6 Å². The number of hydrogen-bond acceptors (Lipinski definition) is 4. The molecule has 10 heteroatoms. The molecule has 0 spiro atoms. The largest absolute Gasteiger partial charge is 0.480 e. The Morgan fingerprint density at radius 1 is 1.48 bits per heavy atom. The van der Waals surface area contributed by atoms with Gasteiger partial charge in [0.25, 0.3) is 0 Å². The zero-order valence-electron chi connectivity index (χ0n) is 10.7. The second-order valence-corrected chi connectivity index (χ2v) is 6.59. The van der Waals surface area contributed by atoms with Crippen LogP contribution in [0.15, 0.2) is 18.2 Å². The molecule has 0 radical (unpaired) electrons. The van der Waals surface area contributed by atoms with Crippen LogP contribution < -0.4 is 5.73 Å². The number of aliphatic carboxylic acids is 1. The van der Waals surface area contributed by atoms with Crippen LogP contribution in [0.5, 0.6) is 0 Å². The van der Waals surface area contributed by atoms with Gasteiger partial charge in [0.15, 0.2) is 0 Å². The Balaban J connectivity index is 2.53. The highest BCUT2D eigenvalue weighted by atomic mass is 35.5. The lowest BCUT2D eigenvalue weighted by Crippen LogP contribution is -2.33. The fourth-order valence-corrected chi connectivity index (χ4v) is 2.79. The van der Waals surface area contributed by atoms with E-state index in [1.54, 1.807) is 12.1 Å². The summed E-state index contributed by atoms with van der Waals surface area (Å²) in [4.78, 5) is 33.3. The van der Waals surface area contributed by atoms with E-state index in [1.807, 2.05) is 0 Å². The van der Waals surface area contributed by atoms with Crippen LogP contribution in [0.25, 0.3) is 11.0 Å². The third kappa shape index (κ3) is 3.81. The van der Waals surface area contributed by atoms with E-state index in [0.717, 1.165) is 0 Å². The SMILES string of the molecule is NC(Cc1nc2cc(Cl)ccc2n1CP(=O)(O)O)C(=O)O. The lowest BCUT2D eigenvalue weighted by atomic mass is 10.2. The predicted molar refractivity (Wildman–Crippen MR) is 76.1 cm³/mol. The van der Waals surface area contributed by atoms with E-state index < -0.39 is 25.9 Å². The molecule has 1 aromatic heterocycles. The molecule has 1 heterocycles. The van der Waals surface area contributed by atoms with Gasteiger partial charge in [-0.15, -0.1) is 0 Å². The quantitative estimate of drug-likeness (QED) is 0.593. The maximum atomic E-state index is 11.3. The molecule has 1 unspecified atom stereocenters. The topological polar surface area (TPSA) is 139 Å². The maximum Gasteiger partial charge on any atom is 0.345 e. The summed E-state index contributed by atoms with van der Waals surface area (Å²) in [7, 11) is -4.36. The molecule has 21 heavy (non-hydrogen) atoms. The Labute approximate surface area is 124 Å². The number of rotatable bonds is 5. The first kappa shape index (κ1) is 15.9. The molecule has 0 saturated heterocycles. The minimum absolute atomic E-state index is 0.151.